The molecule has 1 aromatic carbocycles. The summed E-state index contributed by atoms with van der Waals surface area (Å²) in [6, 6.07) is 13.7. The first-order chi connectivity index (χ1) is 11.0. The number of carbonyl (C=O) groups is 1. The van der Waals surface area contributed by atoms with E-state index in [4.69, 9.17) is 0 Å². The van der Waals surface area contributed by atoms with Crippen LogP contribution in [0.4, 0.5) is 0 Å². The molecule has 0 radical (unpaired) electrons. The second kappa shape index (κ2) is 7.46. The molecular formula is C19H21N3O. The first-order valence-electron chi connectivity index (χ1n) is 7.68. The highest BCUT2D eigenvalue weighted by atomic mass is 16.1. The van der Waals surface area contributed by atoms with Gasteiger partial charge in [0.1, 0.15) is 11.6 Å². The summed E-state index contributed by atoms with van der Waals surface area (Å²) in [7, 11) is 1.87. The fourth-order valence-corrected chi connectivity index (χ4v) is 2.32. The normalized spacial score (nSPS) is 12.5. The van der Waals surface area contributed by atoms with Crippen molar-refractivity contribution in [3.05, 3.63) is 65.0 Å². The molecular weight excluding hydrogens is 286 g/mol. The summed E-state index contributed by atoms with van der Waals surface area (Å²) < 4.78 is 1.86. The minimum atomic E-state index is -0.360. The summed E-state index contributed by atoms with van der Waals surface area (Å²) >= 11 is 0. The average Bonchev–Trinajstić information content (AvgIpc) is 2.97. The maximum absolute atomic E-state index is 12.3. The first kappa shape index (κ1) is 16.6. The molecule has 0 aliphatic heterocycles. The zero-order chi connectivity index (χ0) is 16.8. The molecule has 23 heavy (non-hydrogen) atoms. The Labute approximate surface area is 137 Å². The molecule has 0 aliphatic carbocycles. The quantitative estimate of drug-likeness (QED) is 0.680. The van der Waals surface area contributed by atoms with Crippen LogP contribution in [0.15, 0.2) is 48.2 Å². The van der Waals surface area contributed by atoms with E-state index < -0.39 is 0 Å². The van der Waals surface area contributed by atoms with Crippen molar-refractivity contribution in [2.75, 3.05) is 0 Å². The molecule has 0 unspecified atom stereocenters. The van der Waals surface area contributed by atoms with E-state index >= 15 is 0 Å². The third-order valence-electron chi connectivity index (χ3n) is 3.88. The van der Waals surface area contributed by atoms with Crippen LogP contribution in [-0.4, -0.2) is 10.5 Å². The summed E-state index contributed by atoms with van der Waals surface area (Å²) in [6.07, 6.45) is 4.46. The maximum atomic E-state index is 12.3. The van der Waals surface area contributed by atoms with Crippen molar-refractivity contribution in [3.8, 4) is 6.07 Å². The number of nitrogens with zero attached hydrogens (tertiary/aromatic N) is 2. The third-order valence-corrected chi connectivity index (χ3v) is 3.88. The van der Waals surface area contributed by atoms with Crippen molar-refractivity contribution in [2.45, 2.75) is 26.3 Å². The third kappa shape index (κ3) is 4.10. The van der Waals surface area contributed by atoms with Gasteiger partial charge in [-0.15, -0.1) is 0 Å². The van der Waals surface area contributed by atoms with Crippen molar-refractivity contribution >= 4 is 12.0 Å². The van der Waals surface area contributed by atoms with Gasteiger partial charge in [0.2, 0.25) is 0 Å². The van der Waals surface area contributed by atoms with Crippen LogP contribution in [0.3, 0.4) is 0 Å². The number of hydrogen-bond donors (Lipinski definition) is 1. The standard InChI is InChI=1S/C19H21N3O/c1-4-15-7-9-16(10-8-15)14(2)21-19(23)17(13-20)12-18-6-5-11-22(18)3/h5-12,14H,4H2,1-3H3,(H,21,23)/b17-12+/t14-/m1/s1. The van der Waals surface area contributed by atoms with E-state index in [2.05, 4.69) is 24.4 Å². The van der Waals surface area contributed by atoms with Gasteiger partial charge >= 0.3 is 0 Å². The lowest BCUT2D eigenvalue weighted by Crippen LogP contribution is -2.27. The Balaban J connectivity index is 2.11. The summed E-state index contributed by atoms with van der Waals surface area (Å²) in [5.41, 5.74) is 3.20. The lowest BCUT2D eigenvalue weighted by molar-refractivity contribution is -0.117. The Kier molecular flexibility index (Phi) is 5.37. The summed E-state index contributed by atoms with van der Waals surface area (Å²) in [6.45, 7) is 4.02. The zero-order valence-corrected chi connectivity index (χ0v) is 13.7. The van der Waals surface area contributed by atoms with Crippen molar-refractivity contribution in [3.63, 3.8) is 0 Å². The highest BCUT2D eigenvalue weighted by molar-refractivity contribution is 6.01. The minimum absolute atomic E-state index is 0.101. The van der Waals surface area contributed by atoms with Crippen molar-refractivity contribution in [1.82, 2.24) is 9.88 Å². The number of amides is 1. The second-order valence-corrected chi connectivity index (χ2v) is 5.50. The maximum Gasteiger partial charge on any atom is 0.262 e. The van der Waals surface area contributed by atoms with Crippen LogP contribution in [0.5, 0.6) is 0 Å². The number of nitrogens with one attached hydrogen (secondary N) is 1. The molecule has 2 rings (SSSR count). The Morgan fingerprint density at radius 2 is 2.04 bits per heavy atom. The molecule has 1 heterocycles. The fourth-order valence-electron chi connectivity index (χ4n) is 2.32. The number of aryl methyl sites for hydroxylation is 2. The summed E-state index contributed by atoms with van der Waals surface area (Å²) in [4.78, 5) is 12.3. The minimum Gasteiger partial charge on any atom is -0.351 e. The monoisotopic (exact) mass is 307 g/mol. The van der Waals surface area contributed by atoms with Gasteiger partial charge in [-0.05, 0) is 42.7 Å². The van der Waals surface area contributed by atoms with Gasteiger partial charge in [-0.1, -0.05) is 31.2 Å². The van der Waals surface area contributed by atoms with Gasteiger partial charge in [-0.25, -0.2) is 0 Å². The molecule has 4 nitrogen and oxygen atoms in total. The van der Waals surface area contributed by atoms with Crippen molar-refractivity contribution in [2.24, 2.45) is 7.05 Å². The molecule has 1 amide bonds. The predicted molar refractivity (Wildman–Crippen MR) is 91.4 cm³/mol. The molecule has 1 atom stereocenters. The molecule has 0 saturated carbocycles. The molecule has 0 fully saturated rings. The average molecular weight is 307 g/mol. The SMILES string of the molecule is CCc1ccc([C@@H](C)NC(=O)/C(C#N)=C/c2cccn2C)cc1. The van der Waals surface area contributed by atoms with Gasteiger partial charge in [0.25, 0.3) is 5.91 Å². The summed E-state index contributed by atoms with van der Waals surface area (Å²) in [5.74, 6) is -0.360. The molecule has 4 heteroatoms. The van der Waals surface area contributed by atoms with Crippen molar-refractivity contribution in [1.29, 1.82) is 5.26 Å². The Hall–Kier alpha value is -2.80. The fraction of sp³-hybridized carbons (Fsp3) is 0.263. The number of nitriles is 1. The van der Waals surface area contributed by atoms with Crippen LogP contribution < -0.4 is 5.32 Å². The first-order valence-corrected chi connectivity index (χ1v) is 7.68. The largest absolute Gasteiger partial charge is 0.351 e. The molecule has 0 bridgehead atoms. The van der Waals surface area contributed by atoms with Crippen LogP contribution in [0.1, 0.15) is 36.7 Å². The van der Waals surface area contributed by atoms with Crippen LogP contribution in [-0.2, 0) is 18.3 Å². The van der Waals surface area contributed by atoms with Gasteiger partial charge in [0.05, 0.1) is 6.04 Å². The molecule has 118 valence electrons. The van der Waals surface area contributed by atoms with E-state index in [-0.39, 0.29) is 17.5 Å². The molecule has 1 aromatic heterocycles. The van der Waals surface area contributed by atoms with Crippen LogP contribution in [0.25, 0.3) is 6.08 Å². The van der Waals surface area contributed by atoms with E-state index in [1.165, 1.54) is 5.56 Å². The van der Waals surface area contributed by atoms with Gasteiger partial charge in [0, 0.05) is 18.9 Å². The zero-order valence-electron chi connectivity index (χ0n) is 13.7. The Morgan fingerprint density at radius 1 is 1.35 bits per heavy atom. The van der Waals surface area contributed by atoms with E-state index in [0.29, 0.717) is 0 Å². The lowest BCUT2D eigenvalue weighted by Gasteiger charge is -2.14. The molecule has 0 saturated heterocycles. The van der Waals surface area contributed by atoms with Gasteiger partial charge in [-0.3, -0.25) is 4.79 Å². The lowest BCUT2D eigenvalue weighted by atomic mass is 10.0. The molecule has 0 spiro atoms. The highest BCUT2D eigenvalue weighted by Crippen LogP contribution is 2.15. The Morgan fingerprint density at radius 3 is 2.57 bits per heavy atom. The predicted octanol–water partition coefficient (Wildman–Crippen LogP) is 3.37. The van der Waals surface area contributed by atoms with Gasteiger partial charge in [0.15, 0.2) is 0 Å². The van der Waals surface area contributed by atoms with Crippen LogP contribution >= 0.6 is 0 Å². The van der Waals surface area contributed by atoms with Gasteiger partial charge in [-0.2, -0.15) is 5.26 Å². The van der Waals surface area contributed by atoms with E-state index in [1.807, 2.05) is 55.1 Å². The number of benzene rings is 1. The number of rotatable bonds is 5. The molecule has 2 aromatic rings. The molecule has 0 aliphatic rings. The van der Waals surface area contributed by atoms with Gasteiger partial charge < -0.3 is 9.88 Å². The number of hydrogen-bond acceptors (Lipinski definition) is 2. The molecule has 1 N–H and O–H groups in total. The Bertz CT molecular complexity index is 748. The second-order valence-electron chi connectivity index (χ2n) is 5.50. The topological polar surface area (TPSA) is 57.8 Å². The smallest absolute Gasteiger partial charge is 0.262 e. The van der Waals surface area contributed by atoms with Crippen LogP contribution in [0, 0.1) is 11.3 Å². The highest BCUT2D eigenvalue weighted by Gasteiger charge is 2.14. The van der Waals surface area contributed by atoms with Crippen LogP contribution in [0.2, 0.25) is 0 Å². The van der Waals surface area contributed by atoms with Crippen molar-refractivity contribution < 1.29 is 4.79 Å². The number of carbonyl (C=O) groups excluding carboxylic acids is 1. The summed E-state index contributed by atoms with van der Waals surface area (Å²) in [5, 5.41) is 12.1. The number of aromatic nitrogens is 1. The van der Waals surface area contributed by atoms with E-state index in [9.17, 15) is 10.1 Å². The van der Waals surface area contributed by atoms with E-state index in [0.717, 1.165) is 17.7 Å². The van der Waals surface area contributed by atoms with E-state index in [1.54, 1.807) is 6.08 Å².